The number of thiol groups is 1. The molecule has 1 fully saturated rings. The highest BCUT2D eigenvalue weighted by atomic mass is 35.5. The van der Waals surface area contributed by atoms with E-state index in [2.05, 4.69) is 5.16 Å². The second kappa shape index (κ2) is 6.37. The molecule has 1 saturated carbocycles. The molecule has 1 aliphatic rings. The van der Waals surface area contributed by atoms with Crippen LogP contribution in [0, 0.1) is 0 Å². The number of rotatable bonds is 6. The van der Waals surface area contributed by atoms with E-state index in [1.54, 1.807) is 0 Å². The van der Waals surface area contributed by atoms with Crippen LogP contribution >= 0.6 is 11.6 Å². The van der Waals surface area contributed by atoms with Crippen LogP contribution < -0.4 is 0 Å². The lowest BCUT2D eigenvalue weighted by Crippen LogP contribution is -2.11. The molecule has 2 aromatic rings. The Bertz CT molecular complexity index is 905. The molecule has 1 aromatic heterocycles. The summed E-state index contributed by atoms with van der Waals surface area (Å²) in [6.45, 7) is 0. The molecule has 0 bridgehead atoms. The predicted octanol–water partition coefficient (Wildman–Crippen LogP) is 2.25. The number of carboxylic acid groups (broad SMARTS) is 1. The average Bonchev–Trinajstić information content (AvgIpc) is 3.24. The number of hydrogen-bond donors (Lipinski definition) is 2. The van der Waals surface area contributed by atoms with Gasteiger partial charge in [-0.3, -0.25) is 4.79 Å². The van der Waals surface area contributed by atoms with Gasteiger partial charge in [-0.2, -0.15) is 0 Å². The average molecular weight is 370 g/mol. The summed E-state index contributed by atoms with van der Waals surface area (Å²) < 4.78 is 26.6. The summed E-state index contributed by atoms with van der Waals surface area (Å²) in [5, 5.41) is 12.8. The van der Waals surface area contributed by atoms with Gasteiger partial charge in [0.1, 0.15) is 16.3 Å². The largest absolute Gasteiger partial charge is 0.476 e. The lowest BCUT2D eigenvalue weighted by molar-refractivity contribution is 0.0682. The molecular weight excluding hydrogens is 358 g/mol. The lowest BCUT2D eigenvalue weighted by atomic mass is 9.98. The highest BCUT2D eigenvalue weighted by Gasteiger charge is 2.37. The molecule has 0 aliphatic heterocycles. The van der Waals surface area contributed by atoms with Gasteiger partial charge in [-0.05, 0) is 30.5 Å². The number of ketones is 1. The molecule has 0 atom stereocenters. The van der Waals surface area contributed by atoms with Crippen molar-refractivity contribution in [2.45, 2.75) is 24.5 Å². The first-order valence-corrected chi connectivity index (χ1v) is 8.80. The minimum atomic E-state index is -2.62. The van der Waals surface area contributed by atoms with E-state index in [9.17, 15) is 23.1 Å². The molecule has 0 saturated heterocycles. The molecule has 1 aromatic carbocycles. The smallest absolute Gasteiger partial charge is 0.358 e. The highest BCUT2D eigenvalue weighted by molar-refractivity contribution is 7.71. The van der Waals surface area contributed by atoms with Crippen LogP contribution in [0.5, 0.6) is 0 Å². The number of carbonyl (C=O) groups excluding carboxylic acids is 1. The number of aromatic nitrogens is 1. The monoisotopic (exact) mass is 369 g/mol. The van der Waals surface area contributed by atoms with Gasteiger partial charge in [0, 0.05) is 11.5 Å². The van der Waals surface area contributed by atoms with Gasteiger partial charge >= 0.3 is 5.97 Å². The Balaban J connectivity index is 2.03. The maximum absolute atomic E-state index is 12.8. The van der Waals surface area contributed by atoms with E-state index in [0.29, 0.717) is 5.56 Å². The summed E-state index contributed by atoms with van der Waals surface area (Å²) in [5.74, 6) is -1.89. The number of nitrogens with zero attached hydrogens (tertiary/aromatic N) is 1. The molecule has 1 heterocycles. The third-order valence-corrected chi connectivity index (χ3v) is 4.62. The molecule has 1 N–H and O–H groups in total. The minimum absolute atomic E-state index is 0.00733. The van der Waals surface area contributed by atoms with Gasteiger partial charge in [0.15, 0.2) is 5.76 Å². The summed E-state index contributed by atoms with van der Waals surface area (Å²) in [5.41, 5.74) is -0.00720. The third kappa shape index (κ3) is 3.20. The number of carbonyl (C=O) groups is 2. The predicted molar refractivity (Wildman–Crippen MR) is 84.3 cm³/mol. The Morgan fingerprint density at radius 1 is 1.33 bits per heavy atom. The van der Waals surface area contributed by atoms with E-state index in [1.807, 2.05) is 0 Å². The van der Waals surface area contributed by atoms with Crippen molar-refractivity contribution < 1.29 is 27.6 Å². The van der Waals surface area contributed by atoms with Crippen molar-refractivity contribution in [3.8, 4) is 0 Å². The Labute approximate surface area is 143 Å². The van der Waals surface area contributed by atoms with E-state index in [-0.39, 0.29) is 33.6 Å². The number of halogens is 1. The first kappa shape index (κ1) is 16.7. The van der Waals surface area contributed by atoms with E-state index in [1.165, 1.54) is 18.2 Å². The van der Waals surface area contributed by atoms with Crippen LogP contribution in [0.4, 0.5) is 0 Å². The maximum atomic E-state index is 12.8. The number of hydrogen-bond acceptors (Lipinski definition) is 6. The molecule has 126 valence electrons. The first-order chi connectivity index (χ1) is 11.4. The minimum Gasteiger partial charge on any atom is -0.476 e. The molecule has 1 aliphatic carbocycles. The van der Waals surface area contributed by atoms with Crippen molar-refractivity contribution >= 4 is 34.1 Å². The summed E-state index contributed by atoms with van der Waals surface area (Å²) >= 11 is 6.09. The fourth-order valence-corrected chi connectivity index (χ4v) is 3.20. The lowest BCUT2D eigenvalue weighted by Gasteiger charge is -2.06. The summed E-state index contributed by atoms with van der Waals surface area (Å²) in [6.07, 6.45) is 1.61. The summed E-state index contributed by atoms with van der Waals surface area (Å²) in [4.78, 5) is 24.1. The SMILES string of the molecule is O=C(O)c1noc(C2CC2)c1C(=O)c1ccc(C[SH](=O)=O)cc1Cl. The Morgan fingerprint density at radius 2 is 2.04 bits per heavy atom. The Kier molecular flexibility index (Phi) is 4.42. The van der Waals surface area contributed by atoms with E-state index in [0.717, 1.165) is 12.8 Å². The molecule has 0 unspecified atom stereocenters. The van der Waals surface area contributed by atoms with Crippen molar-refractivity contribution in [3.63, 3.8) is 0 Å². The molecule has 24 heavy (non-hydrogen) atoms. The van der Waals surface area contributed by atoms with Crippen LogP contribution in [-0.4, -0.2) is 30.4 Å². The molecule has 0 radical (unpaired) electrons. The summed E-state index contributed by atoms with van der Waals surface area (Å²) in [7, 11) is -2.62. The highest BCUT2D eigenvalue weighted by Crippen LogP contribution is 2.43. The van der Waals surface area contributed by atoms with Crippen LogP contribution in [0.3, 0.4) is 0 Å². The molecule has 9 heteroatoms. The molecule has 0 amide bonds. The zero-order valence-electron chi connectivity index (χ0n) is 12.2. The second-order valence-corrected chi connectivity index (χ2v) is 6.87. The van der Waals surface area contributed by atoms with Crippen molar-refractivity contribution in [3.05, 3.63) is 51.4 Å². The molecular formula is C15H12ClNO6S. The fourth-order valence-electron chi connectivity index (χ4n) is 2.42. The van der Waals surface area contributed by atoms with E-state index >= 15 is 0 Å². The Hall–Kier alpha value is -2.19. The third-order valence-electron chi connectivity index (χ3n) is 3.69. The fraction of sp³-hybridized carbons (Fsp3) is 0.267. The quantitative estimate of drug-likeness (QED) is 0.592. The van der Waals surface area contributed by atoms with Gasteiger partial charge in [-0.1, -0.05) is 22.8 Å². The van der Waals surface area contributed by atoms with Crippen molar-refractivity contribution in [2.75, 3.05) is 0 Å². The van der Waals surface area contributed by atoms with Gasteiger partial charge in [0.25, 0.3) is 0 Å². The zero-order chi connectivity index (χ0) is 17.4. The van der Waals surface area contributed by atoms with Gasteiger partial charge in [-0.15, -0.1) is 0 Å². The van der Waals surface area contributed by atoms with Gasteiger partial charge in [-0.25, -0.2) is 13.2 Å². The van der Waals surface area contributed by atoms with Crippen LogP contribution in [0.2, 0.25) is 5.02 Å². The summed E-state index contributed by atoms with van der Waals surface area (Å²) in [6, 6.07) is 4.23. The molecule has 7 nitrogen and oxygen atoms in total. The van der Waals surface area contributed by atoms with Gasteiger partial charge in [0.05, 0.1) is 10.8 Å². The van der Waals surface area contributed by atoms with Crippen molar-refractivity contribution in [1.82, 2.24) is 5.16 Å². The maximum Gasteiger partial charge on any atom is 0.358 e. The normalized spacial score (nSPS) is 14.1. The van der Waals surface area contributed by atoms with Gasteiger partial charge in [0.2, 0.25) is 11.5 Å². The second-order valence-electron chi connectivity index (χ2n) is 5.48. The number of carboxylic acids is 1. The van der Waals surface area contributed by atoms with Crippen LogP contribution in [0.1, 0.15) is 56.5 Å². The topological polar surface area (TPSA) is 115 Å². The number of benzene rings is 1. The van der Waals surface area contributed by atoms with Crippen LogP contribution in [0.25, 0.3) is 0 Å². The van der Waals surface area contributed by atoms with Crippen LogP contribution in [-0.2, 0) is 16.5 Å². The van der Waals surface area contributed by atoms with E-state index < -0.39 is 28.2 Å². The first-order valence-electron chi connectivity index (χ1n) is 7.06. The van der Waals surface area contributed by atoms with Crippen molar-refractivity contribution in [2.24, 2.45) is 0 Å². The van der Waals surface area contributed by atoms with E-state index in [4.69, 9.17) is 16.1 Å². The zero-order valence-corrected chi connectivity index (χ0v) is 13.8. The molecule has 3 rings (SSSR count). The van der Waals surface area contributed by atoms with Crippen LogP contribution in [0.15, 0.2) is 22.7 Å². The van der Waals surface area contributed by atoms with Crippen molar-refractivity contribution in [1.29, 1.82) is 0 Å². The van der Waals surface area contributed by atoms with Gasteiger partial charge < -0.3 is 9.63 Å². The standard InChI is InChI=1S/C15H12ClNO6S/c16-10-5-7(6-24(21)22)1-4-9(10)13(18)11-12(15(19)20)17-23-14(11)8-2-3-8/h1,4-5,8,24H,2-3,6H2,(H,19,20). The molecule has 0 spiro atoms. The number of aromatic carboxylic acids is 1. The Morgan fingerprint density at radius 3 is 2.58 bits per heavy atom.